The molecule has 1 unspecified atom stereocenters. The van der Waals surface area contributed by atoms with Crippen molar-refractivity contribution in [3.63, 3.8) is 0 Å². The van der Waals surface area contributed by atoms with Gasteiger partial charge in [0, 0.05) is 38.1 Å². The van der Waals surface area contributed by atoms with Gasteiger partial charge in [-0.1, -0.05) is 30.3 Å². The third-order valence-corrected chi connectivity index (χ3v) is 6.95. The van der Waals surface area contributed by atoms with Crippen LogP contribution in [0.4, 0.5) is 0 Å². The minimum atomic E-state index is 0.117. The molecule has 1 aromatic carbocycles. The minimum Gasteiger partial charge on any atom is -0.345 e. The van der Waals surface area contributed by atoms with Crippen molar-refractivity contribution >= 4 is 5.91 Å². The molecule has 1 N–H and O–H groups in total. The van der Waals surface area contributed by atoms with Gasteiger partial charge in [0.25, 0.3) is 0 Å². The molecule has 2 fully saturated rings. The molecule has 0 aliphatic carbocycles. The second kappa shape index (κ2) is 10.4. The summed E-state index contributed by atoms with van der Waals surface area (Å²) in [7, 11) is 1.91. The van der Waals surface area contributed by atoms with Crippen LogP contribution in [0.1, 0.15) is 42.8 Å². The van der Waals surface area contributed by atoms with E-state index < -0.39 is 0 Å². The summed E-state index contributed by atoms with van der Waals surface area (Å²) in [5.41, 5.74) is 2.46. The molecule has 2 saturated heterocycles. The number of carbonyl (C=O) groups is 1. The maximum Gasteiger partial charge on any atom is 0.227 e. The predicted octanol–water partition coefficient (Wildman–Crippen LogP) is 3.10. The number of piperidine rings is 2. The number of rotatable bonds is 7. The van der Waals surface area contributed by atoms with Crippen molar-refractivity contribution in [2.75, 3.05) is 39.8 Å². The molecule has 31 heavy (non-hydrogen) atoms. The average Bonchev–Trinajstić information content (AvgIpc) is 3.22. The van der Waals surface area contributed by atoms with Gasteiger partial charge in [0.05, 0.1) is 12.5 Å². The molecule has 6 heteroatoms. The van der Waals surface area contributed by atoms with Gasteiger partial charge in [0.1, 0.15) is 5.82 Å². The summed E-state index contributed by atoms with van der Waals surface area (Å²) in [6.07, 6.45) is 7.52. The standard InChI is InChI=1S/C25H37N5O/c1-20-17-26-24(27-20)19-28(2)25(31)22-9-6-13-30(18-22)23-11-15-29(16-12-23)14-10-21-7-4-3-5-8-21/h3-5,7-8,17,22-23H,6,9-16,18-19H2,1-2H3,(H,26,27). The Hall–Kier alpha value is -2.18. The van der Waals surface area contributed by atoms with Crippen LogP contribution in [0.25, 0.3) is 0 Å². The summed E-state index contributed by atoms with van der Waals surface area (Å²) in [6.45, 7) is 8.09. The van der Waals surface area contributed by atoms with Crippen molar-refractivity contribution in [3.05, 3.63) is 53.6 Å². The lowest BCUT2D eigenvalue weighted by atomic mass is 9.93. The number of H-pyrrole nitrogens is 1. The minimum absolute atomic E-state index is 0.117. The fraction of sp³-hybridized carbons (Fsp3) is 0.600. The Morgan fingerprint density at radius 3 is 2.65 bits per heavy atom. The van der Waals surface area contributed by atoms with E-state index in [2.05, 4.69) is 50.1 Å². The second-order valence-electron chi connectivity index (χ2n) is 9.35. The van der Waals surface area contributed by atoms with Gasteiger partial charge in [0.15, 0.2) is 0 Å². The number of benzene rings is 1. The zero-order chi connectivity index (χ0) is 21.6. The van der Waals surface area contributed by atoms with Crippen molar-refractivity contribution in [2.45, 2.75) is 51.6 Å². The van der Waals surface area contributed by atoms with Crippen LogP contribution in [0.5, 0.6) is 0 Å². The predicted molar refractivity (Wildman–Crippen MR) is 124 cm³/mol. The quantitative estimate of drug-likeness (QED) is 0.744. The van der Waals surface area contributed by atoms with Gasteiger partial charge in [-0.25, -0.2) is 4.98 Å². The van der Waals surface area contributed by atoms with E-state index in [4.69, 9.17) is 0 Å². The highest BCUT2D eigenvalue weighted by atomic mass is 16.2. The van der Waals surface area contributed by atoms with Crippen molar-refractivity contribution in [1.29, 1.82) is 0 Å². The summed E-state index contributed by atoms with van der Waals surface area (Å²) in [4.78, 5) is 27.7. The molecule has 1 aromatic heterocycles. The van der Waals surface area contributed by atoms with Gasteiger partial charge in [-0.2, -0.15) is 0 Å². The topological polar surface area (TPSA) is 55.5 Å². The first-order valence-corrected chi connectivity index (χ1v) is 11.8. The van der Waals surface area contributed by atoms with Crippen molar-refractivity contribution in [2.24, 2.45) is 5.92 Å². The smallest absolute Gasteiger partial charge is 0.227 e. The van der Waals surface area contributed by atoms with Crippen molar-refractivity contribution in [1.82, 2.24) is 24.7 Å². The summed E-state index contributed by atoms with van der Waals surface area (Å²) in [5.74, 6) is 1.24. The lowest BCUT2D eigenvalue weighted by molar-refractivity contribution is -0.137. The highest BCUT2D eigenvalue weighted by Gasteiger charge is 2.32. The number of amides is 1. The van der Waals surface area contributed by atoms with Crippen LogP contribution in [0.2, 0.25) is 0 Å². The van der Waals surface area contributed by atoms with Crippen LogP contribution in [0, 0.1) is 12.8 Å². The number of nitrogens with zero attached hydrogens (tertiary/aromatic N) is 4. The molecular formula is C25H37N5O. The van der Waals surface area contributed by atoms with Gasteiger partial charge in [-0.3, -0.25) is 9.69 Å². The van der Waals surface area contributed by atoms with E-state index >= 15 is 0 Å². The van der Waals surface area contributed by atoms with E-state index in [1.807, 2.05) is 25.1 Å². The van der Waals surface area contributed by atoms with E-state index in [9.17, 15) is 4.79 Å². The Morgan fingerprint density at radius 1 is 1.16 bits per heavy atom. The Balaban J connectivity index is 1.22. The second-order valence-corrected chi connectivity index (χ2v) is 9.35. The van der Waals surface area contributed by atoms with E-state index in [0.717, 1.165) is 50.4 Å². The number of imidazole rings is 1. The van der Waals surface area contributed by atoms with Crippen molar-refractivity contribution in [3.8, 4) is 0 Å². The van der Waals surface area contributed by atoms with Gasteiger partial charge in [-0.15, -0.1) is 0 Å². The van der Waals surface area contributed by atoms with E-state index in [0.29, 0.717) is 12.6 Å². The maximum atomic E-state index is 13.1. The van der Waals surface area contributed by atoms with E-state index in [-0.39, 0.29) is 11.8 Å². The Morgan fingerprint density at radius 2 is 1.94 bits per heavy atom. The van der Waals surface area contributed by atoms with Gasteiger partial charge in [-0.05, 0) is 64.2 Å². The number of aryl methyl sites for hydroxylation is 1. The number of nitrogens with one attached hydrogen (secondary N) is 1. The lowest BCUT2D eigenvalue weighted by Gasteiger charge is -2.42. The molecule has 1 atom stereocenters. The molecule has 6 nitrogen and oxygen atoms in total. The lowest BCUT2D eigenvalue weighted by Crippen LogP contribution is -2.51. The fourth-order valence-corrected chi connectivity index (χ4v) is 5.14. The average molecular weight is 424 g/mol. The molecular weight excluding hydrogens is 386 g/mol. The Labute approximate surface area is 186 Å². The fourth-order valence-electron chi connectivity index (χ4n) is 5.14. The molecule has 4 rings (SSSR count). The monoisotopic (exact) mass is 423 g/mol. The number of aromatic nitrogens is 2. The molecule has 3 heterocycles. The number of hydrogen-bond donors (Lipinski definition) is 1. The number of carbonyl (C=O) groups excluding carboxylic acids is 1. The first-order valence-electron chi connectivity index (χ1n) is 11.8. The molecule has 1 amide bonds. The molecule has 0 saturated carbocycles. The third kappa shape index (κ3) is 5.95. The van der Waals surface area contributed by atoms with Crippen LogP contribution in [0.15, 0.2) is 36.5 Å². The molecule has 2 aliphatic rings. The number of hydrogen-bond acceptors (Lipinski definition) is 4. The van der Waals surface area contributed by atoms with Crippen LogP contribution in [-0.4, -0.2) is 76.4 Å². The first kappa shape index (κ1) is 22.0. The maximum absolute atomic E-state index is 13.1. The van der Waals surface area contributed by atoms with Crippen LogP contribution in [0.3, 0.4) is 0 Å². The largest absolute Gasteiger partial charge is 0.345 e. The zero-order valence-electron chi connectivity index (χ0n) is 19.1. The summed E-state index contributed by atoms with van der Waals surface area (Å²) in [5, 5.41) is 0. The molecule has 2 aliphatic heterocycles. The summed E-state index contributed by atoms with van der Waals surface area (Å²) < 4.78 is 0. The highest BCUT2D eigenvalue weighted by Crippen LogP contribution is 2.25. The summed E-state index contributed by atoms with van der Waals surface area (Å²) >= 11 is 0. The van der Waals surface area contributed by atoms with Crippen molar-refractivity contribution < 1.29 is 4.79 Å². The third-order valence-electron chi connectivity index (χ3n) is 6.95. The van der Waals surface area contributed by atoms with Crippen LogP contribution >= 0.6 is 0 Å². The molecule has 168 valence electrons. The number of aromatic amines is 1. The molecule has 0 spiro atoms. The van der Waals surface area contributed by atoms with Gasteiger partial charge in [0.2, 0.25) is 5.91 Å². The van der Waals surface area contributed by atoms with Gasteiger partial charge >= 0.3 is 0 Å². The van der Waals surface area contributed by atoms with Gasteiger partial charge < -0.3 is 14.8 Å². The van der Waals surface area contributed by atoms with Crippen LogP contribution in [-0.2, 0) is 17.8 Å². The van der Waals surface area contributed by atoms with E-state index in [1.165, 1.54) is 31.5 Å². The SMILES string of the molecule is Cc1cnc(CN(C)C(=O)C2CCCN(C3CCN(CCc4ccccc4)CC3)C2)[nH]1. The molecule has 0 bridgehead atoms. The zero-order valence-corrected chi connectivity index (χ0v) is 19.1. The molecule has 2 aromatic rings. The first-order chi connectivity index (χ1) is 15.1. The Bertz CT molecular complexity index is 827. The van der Waals surface area contributed by atoms with Crippen LogP contribution < -0.4 is 0 Å². The number of likely N-dealkylation sites (tertiary alicyclic amines) is 2. The van der Waals surface area contributed by atoms with E-state index in [1.54, 1.807) is 0 Å². The highest BCUT2D eigenvalue weighted by molar-refractivity contribution is 5.78. The normalized spacial score (nSPS) is 21.3. The Kier molecular flexibility index (Phi) is 7.41. The molecule has 0 radical (unpaired) electrons. The summed E-state index contributed by atoms with van der Waals surface area (Å²) in [6, 6.07) is 11.4.